The number of furan rings is 1. The van der Waals surface area contributed by atoms with E-state index >= 15 is 0 Å². The Morgan fingerprint density at radius 1 is 1.15 bits per heavy atom. The second-order valence-corrected chi connectivity index (χ2v) is 6.95. The Bertz CT molecular complexity index is 733. The standard InChI is InChI=1S/C21H27N3O3/c1-2-3-20(25)23-19-6-4-16(5-7-19)14-22-18-8-11-24(12-9-18)21(26)17-10-13-27-15-17/h4-7,10,13,15,18,22H,2-3,8-9,11-12,14H2,1H3,(H,23,25). The van der Waals surface area contributed by atoms with Gasteiger partial charge >= 0.3 is 0 Å². The van der Waals surface area contributed by atoms with Gasteiger partial charge in [-0.15, -0.1) is 0 Å². The fourth-order valence-electron chi connectivity index (χ4n) is 3.27. The van der Waals surface area contributed by atoms with E-state index in [-0.39, 0.29) is 11.8 Å². The van der Waals surface area contributed by atoms with Crippen molar-refractivity contribution in [2.75, 3.05) is 18.4 Å². The van der Waals surface area contributed by atoms with Gasteiger partial charge < -0.3 is 20.0 Å². The molecule has 0 saturated carbocycles. The highest BCUT2D eigenvalue weighted by Crippen LogP contribution is 2.16. The molecule has 1 aromatic heterocycles. The number of anilines is 1. The number of benzene rings is 1. The average Bonchev–Trinajstić information content (AvgIpc) is 3.22. The summed E-state index contributed by atoms with van der Waals surface area (Å²) in [5, 5.41) is 6.47. The Morgan fingerprint density at radius 3 is 2.52 bits per heavy atom. The van der Waals surface area contributed by atoms with Crippen molar-refractivity contribution in [2.24, 2.45) is 0 Å². The first kappa shape index (κ1) is 19.2. The first-order chi connectivity index (χ1) is 13.2. The highest BCUT2D eigenvalue weighted by Gasteiger charge is 2.23. The molecule has 0 unspecified atom stereocenters. The van der Waals surface area contributed by atoms with Gasteiger partial charge in [0.15, 0.2) is 0 Å². The lowest BCUT2D eigenvalue weighted by Crippen LogP contribution is -2.44. The predicted octanol–water partition coefficient (Wildman–Crippen LogP) is 3.41. The molecule has 0 spiro atoms. The smallest absolute Gasteiger partial charge is 0.257 e. The molecular formula is C21H27N3O3. The van der Waals surface area contributed by atoms with E-state index in [0.717, 1.165) is 44.6 Å². The van der Waals surface area contributed by atoms with Crippen LogP contribution in [0, 0.1) is 0 Å². The molecule has 1 aliphatic heterocycles. The molecule has 0 atom stereocenters. The van der Waals surface area contributed by atoms with E-state index in [0.29, 0.717) is 18.0 Å². The quantitative estimate of drug-likeness (QED) is 0.784. The summed E-state index contributed by atoms with van der Waals surface area (Å²) in [4.78, 5) is 25.8. The molecule has 1 aliphatic rings. The molecule has 0 aliphatic carbocycles. The van der Waals surface area contributed by atoms with Gasteiger partial charge in [0.1, 0.15) is 6.26 Å². The molecule has 2 N–H and O–H groups in total. The van der Waals surface area contributed by atoms with Crippen LogP contribution in [0.5, 0.6) is 0 Å². The molecule has 1 saturated heterocycles. The maximum Gasteiger partial charge on any atom is 0.257 e. The number of piperidine rings is 1. The number of amides is 2. The molecule has 1 fully saturated rings. The van der Waals surface area contributed by atoms with Crippen LogP contribution in [0.2, 0.25) is 0 Å². The van der Waals surface area contributed by atoms with Crippen LogP contribution in [0.1, 0.15) is 48.5 Å². The van der Waals surface area contributed by atoms with Gasteiger partial charge in [0, 0.05) is 37.8 Å². The van der Waals surface area contributed by atoms with Gasteiger partial charge in [-0.1, -0.05) is 19.1 Å². The van der Waals surface area contributed by atoms with E-state index in [1.165, 1.54) is 18.1 Å². The van der Waals surface area contributed by atoms with Gasteiger partial charge in [-0.25, -0.2) is 0 Å². The zero-order chi connectivity index (χ0) is 19.1. The maximum atomic E-state index is 12.3. The number of carbonyl (C=O) groups excluding carboxylic acids is 2. The second kappa shape index (κ2) is 9.37. The van der Waals surface area contributed by atoms with Crippen molar-refractivity contribution in [3.8, 4) is 0 Å². The van der Waals surface area contributed by atoms with Crippen LogP contribution in [-0.2, 0) is 11.3 Å². The maximum absolute atomic E-state index is 12.3. The lowest BCUT2D eigenvalue weighted by molar-refractivity contribution is -0.116. The number of hydrogen-bond donors (Lipinski definition) is 2. The van der Waals surface area contributed by atoms with Gasteiger partial charge in [-0.05, 0) is 43.0 Å². The number of nitrogens with one attached hydrogen (secondary N) is 2. The molecule has 2 aromatic rings. The van der Waals surface area contributed by atoms with Crippen LogP contribution >= 0.6 is 0 Å². The lowest BCUT2D eigenvalue weighted by Gasteiger charge is -2.32. The van der Waals surface area contributed by atoms with Gasteiger partial charge in [-0.3, -0.25) is 9.59 Å². The lowest BCUT2D eigenvalue weighted by atomic mass is 10.0. The Hall–Kier alpha value is -2.60. The van der Waals surface area contributed by atoms with Crippen LogP contribution in [0.25, 0.3) is 0 Å². The normalized spacial score (nSPS) is 14.9. The van der Waals surface area contributed by atoms with E-state index in [2.05, 4.69) is 10.6 Å². The first-order valence-corrected chi connectivity index (χ1v) is 9.59. The number of rotatable bonds is 7. The summed E-state index contributed by atoms with van der Waals surface area (Å²) < 4.78 is 4.99. The minimum Gasteiger partial charge on any atom is -0.472 e. The minimum absolute atomic E-state index is 0.0444. The molecule has 3 rings (SSSR count). The van der Waals surface area contributed by atoms with Crippen molar-refractivity contribution in [2.45, 2.75) is 45.2 Å². The molecule has 2 amide bonds. The SMILES string of the molecule is CCCC(=O)Nc1ccc(CNC2CCN(C(=O)c3ccoc3)CC2)cc1. The Morgan fingerprint density at radius 2 is 1.89 bits per heavy atom. The summed E-state index contributed by atoms with van der Waals surface area (Å²) in [6.07, 6.45) is 6.30. The number of likely N-dealkylation sites (tertiary alicyclic amines) is 1. The van der Waals surface area contributed by atoms with Crippen molar-refractivity contribution in [3.05, 3.63) is 54.0 Å². The predicted molar refractivity (Wildman–Crippen MR) is 104 cm³/mol. The van der Waals surface area contributed by atoms with Crippen LogP contribution in [0.15, 0.2) is 47.3 Å². The molecule has 0 bridgehead atoms. The molecule has 144 valence electrons. The van der Waals surface area contributed by atoms with Gasteiger partial charge in [-0.2, -0.15) is 0 Å². The van der Waals surface area contributed by atoms with Crippen molar-refractivity contribution in [1.29, 1.82) is 0 Å². The zero-order valence-electron chi connectivity index (χ0n) is 15.7. The van der Waals surface area contributed by atoms with E-state index < -0.39 is 0 Å². The van der Waals surface area contributed by atoms with Crippen LogP contribution in [-0.4, -0.2) is 35.8 Å². The van der Waals surface area contributed by atoms with E-state index in [9.17, 15) is 9.59 Å². The Labute approximate surface area is 159 Å². The van der Waals surface area contributed by atoms with Crippen LogP contribution in [0.3, 0.4) is 0 Å². The number of hydrogen-bond acceptors (Lipinski definition) is 4. The van der Waals surface area contributed by atoms with Crippen molar-refractivity contribution in [3.63, 3.8) is 0 Å². The van der Waals surface area contributed by atoms with Gasteiger partial charge in [0.05, 0.1) is 11.8 Å². The highest BCUT2D eigenvalue weighted by molar-refractivity contribution is 5.93. The highest BCUT2D eigenvalue weighted by atomic mass is 16.3. The second-order valence-electron chi connectivity index (χ2n) is 6.95. The fraction of sp³-hybridized carbons (Fsp3) is 0.429. The first-order valence-electron chi connectivity index (χ1n) is 9.59. The topological polar surface area (TPSA) is 74.6 Å². The van der Waals surface area contributed by atoms with Crippen molar-refractivity contribution < 1.29 is 14.0 Å². The molecule has 6 nitrogen and oxygen atoms in total. The van der Waals surface area contributed by atoms with Gasteiger partial charge in [0.2, 0.25) is 5.91 Å². The molecule has 27 heavy (non-hydrogen) atoms. The molecule has 1 aromatic carbocycles. The third kappa shape index (κ3) is 5.44. The van der Waals surface area contributed by atoms with Gasteiger partial charge in [0.25, 0.3) is 5.91 Å². The average molecular weight is 369 g/mol. The summed E-state index contributed by atoms with van der Waals surface area (Å²) in [6.45, 7) is 4.28. The fourth-order valence-corrected chi connectivity index (χ4v) is 3.27. The van der Waals surface area contributed by atoms with E-state index in [4.69, 9.17) is 4.42 Å². The molecule has 0 radical (unpaired) electrons. The van der Waals surface area contributed by atoms with Crippen LogP contribution < -0.4 is 10.6 Å². The van der Waals surface area contributed by atoms with Crippen molar-refractivity contribution >= 4 is 17.5 Å². The Balaban J connectivity index is 1.41. The summed E-state index contributed by atoms with van der Waals surface area (Å²) in [6, 6.07) is 10.1. The zero-order valence-corrected chi connectivity index (χ0v) is 15.7. The van der Waals surface area contributed by atoms with Crippen LogP contribution in [0.4, 0.5) is 5.69 Å². The molecule has 6 heteroatoms. The number of carbonyl (C=O) groups is 2. The van der Waals surface area contributed by atoms with E-state index in [1.54, 1.807) is 6.07 Å². The third-order valence-electron chi connectivity index (χ3n) is 4.86. The summed E-state index contributed by atoms with van der Waals surface area (Å²) in [5.41, 5.74) is 2.64. The summed E-state index contributed by atoms with van der Waals surface area (Å²) in [7, 11) is 0. The molecule has 2 heterocycles. The molecular weight excluding hydrogens is 342 g/mol. The summed E-state index contributed by atoms with van der Waals surface area (Å²) >= 11 is 0. The van der Waals surface area contributed by atoms with Crippen molar-refractivity contribution in [1.82, 2.24) is 10.2 Å². The Kier molecular flexibility index (Phi) is 6.65. The number of nitrogens with zero attached hydrogens (tertiary/aromatic N) is 1. The third-order valence-corrected chi connectivity index (χ3v) is 4.86. The summed E-state index contributed by atoms with van der Waals surface area (Å²) in [5.74, 6) is 0.100. The van der Waals surface area contributed by atoms with E-state index in [1.807, 2.05) is 36.1 Å². The monoisotopic (exact) mass is 369 g/mol. The minimum atomic E-state index is 0.0444. The largest absolute Gasteiger partial charge is 0.472 e.